The molecule has 0 spiro atoms. The number of sulfone groups is 1. The van der Waals surface area contributed by atoms with Gasteiger partial charge in [-0.1, -0.05) is 31.5 Å². The Bertz CT molecular complexity index is 1390. The Labute approximate surface area is 246 Å². The smallest absolute Gasteiger partial charge is 0.389 e. The lowest BCUT2D eigenvalue weighted by Gasteiger charge is -2.35. The van der Waals surface area contributed by atoms with E-state index in [9.17, 15) is 40.3 Å². The van der Waals surface area contributed by atoms with Gasteiger partial charge >= 0.3 is 12.8 Å². The summed E-state index contributed by atoms with van der Waals surface area (Å²) in [7, 11) is -3.25. The van der Waals surface area contributed by atoms with Gasteiger partial charge in [-0.2, -0.15) is 27.1 Å². The van der Waals surface area contributed by atoms with Crippen molar-refractivity contribution in [1.82, 2.24) is 15.1 Å². The zero-order valence-corrected chi connectivity index (χ0v) is 25.3. The number of halogens is 6. The first-order valence-electron chi connectivity index (χ1n) is 13.3. The van der Waals surface area contributed by atoms with Gasteiger partial charge in [0.25, 0.3) is 5.91 Å². The van der Waals surface area contributed by atoms with Crippen LogP contribution in [0.15, 0.2) is 18.2 Å². The first-order chi connectivity index (χ1) is 19.2. The van der Waals surface area contributed by atoms with E-state index in [4.69, 9.17) is 16.3 Å². The third-order valence-corrected chi connectivity index (χ3v) is 9.38. The number of nitrogens with zero attached hydrogens (tertiary/aromatic N) is 2. The van der Waals surface area contributed by atoms with Crippen LogP contribution in [0.25, 0.3) is 11.3 Å². The van der Waals surface area contributed by atoms with Crippen molar-refractivity contribution in [2.24, 2.45) is 5.41 Å². The zero-order chi connectivity index (χ0) is 31.7. The van der Waals surface area contributed by atoms with Crippen molar-refractivity contribution in [2.75, 3.05) is 12.8 Å². The molecule has 1 fully saturated rings. The largest absolute Gasteiger partial charge is 0.434 e. The molecule has 0 unspecified atom stereocenters. The average molecular weight is 644 g/mol. The number of benzene rings is 1. The predicted molar refractivity (Wildman–Crippen MR) is 148 cm³/mol. The Hall–Kier alpha value is -2.45. The van der Waals surface area contributed by atoms with Gasteiger partial charge in [0.2, 0.25) is 0 Å². The molecule has 8 nitrogen and oxygen atoms in total. The number of rotatable bonds is 11. The van der Waals surface area contributed by atoms with Crippen LogP contribution in [0.5, 0.6) is 5.75 Å². The van der Waals surface area contributed by atoms with Crippen molar-refractivity contribution in [3.05, 3.63) is 34.5 Å². The number of nitrogens with one attached hydrogen (secondary N) is 1. The summed E-state index contributed by atoms with van der Waals surface area (Å²) in [4.78, 5) is 13.1. The van der Waals surface area contributed by atoms with Crippen LogP contribution in [0.4, 0.5) is 22.0 Å². The number of hydrogen-bond donors (Lipinski definition) is 2. The summed E-state index contributed by atoms with van der Waals surface area (Å²) in [6, 6.07) is 4.10. The molecule has 0 aliphatic heterocycles. The lowest BCUT2D eigenvalue weighted by molar-refractivity contribution is -0.154. The minimum Gasteiger partial charge on any atom is -0.434 e. The molecule has 15 heteroatoms. The van der Waals surface area contributed by atoms with Crippen molar-refractivity contribution in [3.8, 4) is 17.0 Å². The molecular weight excluding hydrogens is 609 g/mol. The molecule has 1 amide bonds. The number of aromatic nitrogens is 2. The van der Waals surface area contributed by atoms with E-state index >= 15 is 0 Å². The number of carbonyl (C=O) groups is 1. The van der Waals surface area contributed by atoms with Gasteiger partial charge in [0.15, 0.2) is 5.69 Å². The van der Waals surface area contributed by atoms with E-state index in [-0.39, 0.29) is 72.9 Å². The third-order valence-electron chi connectivity index (χ3n) is 7.33. The van der Waals surface area contributed by atoms with Crippen LogP contribution in [-0.4, -0.2) is 65.7 Å². The summed E-state index contributed by atoms with van der Waals surface area (Å²) in [6.07, 6.45) is -3.60. The summed E-state index contributed by atoms with van der Waals surface area (Å²) in [6.45, 7) is 1.26. The summed E-state index contributed by atoms with van der Waals surface area (Å²) in [5, 5.41) is 16.9. The lowest BCUT2D eigenvalue weighted by atomic mass is 9.82. The third kappa shape index (κ3) is 8.79. The fraction of sp³-hybridized carbons (Fsp3) is 0.630. The Morgan fingerprint density at radius 3 is 2.40 bits per heavy atom. The summed E-state index contributed by atoms with van der Waals surface area (Å²) < 4.78 is 95.4. The molecule has 42 heavy (non-hydrogen) atoms. The Morgan fingerprint density at radius 2 is 1.88 bits per heavy atom. The Balaban J connectivity index is 1.87. The number of hydrogen-bond acceptors (Lipinski definition) is 6. The molecule has 2 aromatic rings. The molecule has 236 valence electrons. The number of aliphatic hydroxyl groups is 1. The van der Waals surface area contributed by atoms with E-state index in [0.717, 1.165) is 6.26 Å². The van der Waals surface area contributed by atoms with Gasteiger partial charge in [-0.3, -0.25) is 9.48 Å². The van der Waals surface area contributed by atoms with Gasteiger partial charge in [0, 0.05) is 31.3 Å². The molecule has 3 rings (SSSR count). The fourth-order valence-electron chi connectivity index (χ4n) is 5.36. The van der Waals surface area contributed by atoms with Crippen LogP contribution in [0, 0.1) is 5.41 Å². The van der Waals surface area contributed by atoms with E-state index in [1.807, 2.05) is 0 Å². The van der Waals surface area contributed by atoms with Gasteiger partial charge in [-0.25, -0.2) is 8.42 Å². The van der Waals surface area contributed by atoms with E-state index in [1.54, 1.807) is 6.92 Å². The average Bonchev–Trinajstić information content (AvgIpc) is 3.16. The van der Waals surface area contributed by atoms with Gasteiger partial charge in [0.05, 0.1) is 21.6 Å². The molecule has 0 saturated heterocycles. The minimum absolute atomic E-state index is 0.0591. The molecule has 2 N–H and O–H groups in total. The van der Waals surface area contributed by atoms with Gasteiger partial charge in [-0.15, -0.1) is 0 Å². The normalized spacial score (nSPS) is 20.1. The van der Waals surface area contributed by atoms with Gasteiger partial charge < -0.3 is 15.2 Å². The van der Waals surface area contributed by atoms with Crippen LogP contribution in [-0.2, 0) is 22.8 Å². The summed E-state index contributed by atoms with van der Waals surface area (Å²) in [5.74, 6) is -1.08. The molecule has 1 aromatic carbocycles. The molecule has 0 atom stereocenters. The SMILES string of the molecule is CCn1nc(C(=O)NC[C@]2(O)CC[C@@H](S(C)(=O)=O)CC2)c(Cl)c1-c1ccc(CC(C)(C)CC(F)(F)F)cc1OC(F)F. The summed E-state index contributed by atoms with van der Waals surface area (Å²) >= 11 is 6.55. The molecule has 1 aliphatic carbocycles. The molecule has 1 saturated carbocycles. The summed E-state index contributed by atoms with van der Waals surface area (Å²) in [5.41, 5.74) is -2.30. The fourth-order valence-corrected chi connectivity index (χ4v) is 6.77. The number of aryl methyl sites for hydroxylation is 1. The molecule has 1 aromatic heterocycles. The topological polar surface area (TPSA) is 111 Å². The second kappa shape index (κ2) is 12.7. The van der Waals surface area contributed by atoms with E-state index in [0.29, 0.717) is 5.56 Å². The lowest BCUT2D eigenvalue weighted by Crippen LogP contribution is -2.47. The maximum Gasteiger partial charge on any atom is 0.389 e. The number of carbonyl (C=O) groups excluding carboxylic acids is 1. The van der Waals surface area contributed by atoms with Crippen LogP contribution >= 0.6 is 11.6 Å². The van der Waals surface area contributed by atoms with Crippen molar-refractivity contribution in [1.29, 1.82) is 0 Å². The zero-order valence-electron chi connectivity index (χ0n) is 23.7. The van der Waals surface area contributed by atoms with E-state index in [1.165, 1.54) is 36.7 Å². The van der Waals surface area contributed by atoms with Crippen molar-refractivity contribution >= 4 is 27.3 Å². The first-order valence-corrected chi connectivity index (χ1v) is 15.7. The number of alkyl halides is 5. The van der Waals surface area contributed by atoms with Crippen molar-refractivity contribution in [3.63, 3.8) is 0 Å². The van der Waals surface area contributed by atoms with Gasteiger partial charge in [-0.05, 0) is 62.1 Å². The maximum absolute atomic E-state index is 13.4. The molecule has 1 aliphatic rings. The monoisotopic (exact) mass is 643 g/mol. The first kappa shape index (κ1) is 34.0. The highest BCUT2D eigenvalue weighted by Crippen LogP contribution is 2.41. The highest BCUT2D eigenvalue weighted by Gasteiger charge is 2.38. The van der Waals surface area contributed by atoms with Crippen molar-refractivity contribution < 1.29 is 45.0 Å². The van der Waals surface area contributed by atoms with Crippen LogP contribution in [0.1, 0.15) is 68.9 Å². The van der Waals surface area contributed by atoms with E-state index < -0.39 is 51.2 Å². The second-order valence-electron chi connectivity index (χ2n) is 11.6. The van der Waals surface area contributed by atoms with Crippen molar-refractivity contribution in [2.45, 2.75) is 89.5 Å². The van der Waals surface area contributed by atoms with E-state index in [2.05, 4.69) is 10.4 Å². The molecule has 0 bridgehead atoms. The molecule has 1 heterocycles. The second-order valence-corrected chi connectivity index (χ2v) is 14.3. The predicted octanol–water partition coefficient (Wildman–Crippen LogP) is 5.79. The van der Waals surface area contributed by atoms with Crippen LogP contribution in [0.2, 0.25) is 5.02 Å². The highest BCUT2D eigenvalue weighted by molar-refractivity contribution is 7.91. The molecular formula is C27H35ClF5N3O5S. The number of amides is 1. The standard InChI is InChI=1S/C27H35ClF5N3O5S/c1-5-36-22(18-7-6-16(12-19(18)41-24(29)30)13-25(2,3)14-27(31,32)33)20(28)21(35-36)23(37)34-15-26(38)10-8-17(9-11-26)42(4,39)40/h6-7,12,17,24,38H,5,8-11,13-15H2,1-4H3,(H,34,37)/t17-,26+. The van der Waals surface area contributed by atoms with Crippen LogP contribution in [0.3, 0.4) is 0 Å². The Morgan fingerprint density at radius 1 is 1.26 bits per heavy atom. The Kier molecular flexibility index (Phi) is 10.3. The number of ether oxygens (including phenoxy) is 1. The highest BCUT2D eigenvalue weighted by atomic mass is 35.5. The minimum atomic E-state index is -4.41. The van der Waals surface area contributed by atoms with Crippen LogP contribution < -0.4 is 10.1 Å². The quantitative estimate of drug-likeness (QED) is 0.300. The van der Waals surface area contributed by atoms with Gasteiger partial charge in [0.1, 0.15) is 15.6 Å². The maximum atomic E-state index is 13.4. The molecule has 0 radical (unpaired) electrons.